The van der Waals surface area contributed by atoms with Crippen molar-refractivity contribution in [1.82, 2.24) is 0 Å². The molecule has 0 aromatic carbocycles. The lowest BCUT2D eigenvalue weighted by molar-refractivity contribution is -0.901. The van der Waals surface area contributed by atoms with E-state index in [-0.39, 0.29) is 11.5 Å². The van der Waals surface area contributed by atoms with E-state index >= 15 is 0 Å². The maximum absolute atomic E-state index is 11.6. The van der Waals surface area contributed by atoms with Gasteiger partial charge in [-0.15, -0.1) is 0 Å². The molecule has 1 rings (SSSR count). The highest BCUT2D eigenvalue weighted by Gasteiger charge is 2.38. The lowest BCUT2D eigenvalue weighted by Gasteiger charge is -2.37. The topological polar surface area (TPSA) is 21.5 Å². The predicted molar refractivity (Wildman–Crippen MR) is 53.8 cm³/mol. The number of hydrogen-bond acceptors (Lipinski definition) is 1. The van der Waals surface area contributed by atoms with Crippen LogP contribution >= 0.6 is 0 Å². The molecule has 1 heterocycles. The maximum atomic E-state index is 11.6. The molecule has 0 aliphatic carbocycles. The summed E-state index contributed by atoms with van der Waals surface area (Å²) in [6, 6.07) is 0.207. The first kappa shape index (κ1) is 10.7. The van der Waals surface area contributed by atoms with Crippen LogP contribution in [0.1, 0.15) is 34.1 Å². The molecule has 1 N–H and O–H groups in total. The molecule has 0 bridgehead atoms. The van der Waals surface area contributed by atoms with Gasteiger partial charge in [0.15, 0.2) is 5.78 Å². The van der Waals surface area contributed by atoms with Crippen LogP contribution in [0.5, 0.6) is 0 Å². The summed E-state index contributed by atoms with van der Waals surface area (Å²) in [4.78, 5) is 13.0. The van der Waals surface area contributed by atoms with Crippen LogP contribution in [0.3, 0.4) is 0 Å². The van der Waals surface area contributed by atoms with Crippen molar-refractivity contribution in [3.05, 3.63) is 0 Å². The molecule has 0 radical (unpaired) electrons. The van der Waals surface area contributed by atoms with Crippen LogP contribution in [0, 0.1) is 11.3 Å². The summed E-state index contributed by atoms with van der Waals surface area (Å²) in [6.07, 6.45) is 0.780. The first-order chi connectivity index (χ1) is 5.82. The van der Waals surface area contributed by atoms with Gasteiger partial charge in [-0.1, -0.05) is 20.8 Å². The molecule has 1 aliphatic heterocycles. The minimum atomic E-state index is 0.207. The van der Waals surface area contributed by atoms with Gasteiger partial charge in [-0.3, -0.25) is 4.79 Å². The molecule has 1 aliphatic rings. The van der Waals surface area contributed by atoms with E-state index in [2.05, 4.69) is 27.8 Å². The molecule has 13 heavy (non-hydrogen) atoms. The molecule has 0 aromatic rings. The Kier molecular flexibility index (Phi) is 2.81. The zero-order valence-electron chi connectivity index (χ0n) is 9.48. The molecular formula is C11H22NO+. The molecule has 0 amide bonds. The van der Waals surface area contributed by atoms with Gasteiger partial charge in [-0.2, -0.15) is 0 Å². The largest absolute Gasteiger partial charge is 0.329 e. The molecule has 2 heteroatoms. The summed E-state index contributed by atoms with van der Waals surface area (Å²) in [6.45, 7) is 9.86. The van der Waals surface area contributed by atoms with Crippen molar-refractivity contribution in [3.63, 3.8) is 0 Å². The highest BCUT2D eigenvalue weighted by Crippen LogP contribution is 2.29. The number of hydrogen-bond donors (Lipinski definition) is 1. The van der Waals surface area contributed by atoms with Gasteiger partial charge in [0.2, 0.25) is 0 Å². The molecule has 76 valence electrons. The van der Waals surface area contributed by atoms with Crippen LogP contribution in [-0.4, -0.2) is 25.4 Å². The highest BCUT2D eigenvalue weighted by atomic mass is 16.1. The van der Waals surface area contributed by atoms with E-state index in [1.54, 1.807) is 0 Å². The van der Waals surface area contributed by atoms with E-state index in [1.807, 2.05) is 6.92 Å². The Morgan fingerprint density at radius 1 is 1.38 bits per heavy atom. The Morgan fingerprint density at radius 3 is 2.31 bits per heavy atom. The number of carbonyl (C=O) groups is 1. The van der Waals surface area contributed by atoms with Crippen molar-refractivity contribution in [3.8, 4) is 0 Å². The van der Waals surface area contributed by atoms with Crippen LogP contribution in [0.2, 0.25) is 0 Å². The summed E-state index contributed by atoms with van der Waals surface area (Å²) in [5.41, 5.74) is 0.275. The SMILES string of the molecule is C[C@@H]1C(=O)C[C@H](C(C)(C)C)C[NH+]1C. The number of rotatable bonds is 0. The van der Waals surface area contributed by atoms with E-state index in [0.717, 1.165) is 13.0 Å². The van der Waals surface area contributed by atoms with Gasteiger partial charge in [0.1, 0.15) is 6.04 Å². The number of nitrogens with one attached hydrogen (secondary N) is 1. The van der Waals surface area contributed by atoms with Crippen LogP contribution in [0.15, 0.2) is 0 Å². The average Bonchev–Trinajstić information content (AvgIpc) is 1.97. The Morgan fingerprint density at radius 2 is 1.92 bits per heavy atom. The minimum Gasteiger partial charge on any atom is -0.329 e. The lowest BCUT2D eigenvalue weighted by Crippen LogP contribution is -3.15. The summed E-state index contributed by atoms with van der Waals surface area (Å²) in [5, 5.41) is 0. The van der Waals surface area contributed by atoms with Crippen molar-refractivity contribution in [2.45, 2.75) is 40.2 Å². The second-order valence-electron chi connectivity index (χ2n) is 5.51. The second-order valence-corrected chi connectivity index (χ2v) is 5.51. The van der Waals surface area contributed by atoms with Gasteiger partial charge >= 0.3 is 0 Å². The van der Waals surface area contributed by atoms with Gasteiger partial charge in [0, 0.05) is 12.3 Å². The molecule has 1 saturated heterocycles. The number of quaternary nitrogens is 1. The summed E-state index contributed by atoms with van der Waals surface area (Å²) in [7, 11) is 2.13. The van der Waals surface area contributed by atoms with Crippen molar-refractivity contribution in [2.75, 3.05) is 13.6 Å². The Hall–Kier alpha value is -0.370. The van der Waals surface area contributed by atoms with Gasteiger partial charge in [-0.25, -0.2) is 0 Å². The first-order valence-corrected chi connectivity index (χ1v) is 5.17. The molecule has 0 aromatic heterocycles. The number of ketones is 1. The highest BCUT2D eigenvalue weighted by molar-refractivity contribution is 5.83. The van der Waals surface area contributed by atoms with E-state index < -0.39 is 0 Å². The van der Waals surface area contributed by atoms with Crippen LogP contribution in [0.25, 0.3) is 0 Å². The predicted octanol–water partition coefficient (Wildman–Crippen LogP) is 0.525. The van der Waals surface area contributed by atoms with Crippen LogP contribution in [0.4, 0.5) is 0 Å². The number of Topliss-reactive ketones (excluding diaryl/α,β-unsaturated/α-hetero) is 1. The van der Waals surface area contributed by atoms with Crippen molar-refractivity contribution >= 4 is 5.78 Å². The van der Waals surface area contributed by atoms with E-state index in [4.69, 9.17) is 0 Å². The maximum Gasteiger partial charge on any atom is 0.190 e. The normalized spacial score (nSPS) is 36.4. The fourth-order valence-corrected chi connectivity index (χ4v) is 1.94. The van der Waals surface area contributed by atoms with E-state index in [1.165, 1.54) is 4.90 Å². The van der Waals surface area contributed by atoms with E-state index in [9.17, 15) is 4.79 Å². The standard InChI is InChI=1S/C11H21NO/c1-8-10(13)6-9(7-12(8)5)11(2,3)4/h8-9H,6-7H2,1-5H3/p+1/t8-,9+/m1/s1. The molecule has 2 nitrogen and oxygen atoms in total. The number of likely N-dealkylation sites (tertiary alicyclic amines) is 1. The van der Waals surface area contributed by atoms with Crippen molar-refractivity contribution in [1.29, 1.82) is 0 Å². The van der Waals surface area contributed by atoms with Crippen LogP contribution in [-0.2, 0) is 4.79 Å². The quantitative estimate of drug-likeness (QED) is 0.582. The second kappa shape index (κ2) is 3.41. The van der Waals surface area contributed by atoms with Crippen molar-refractivity contribution in [2.24, 2.45) is 11.3 Å². The summed E-state index contributed by atoms with van der Waals surface area (Å²) in [5.74, 6) is 0.986. The Labute approximate surface area is 81.3 Å². The minimum absolute atomic E-state index is 0.207. The van der Waals surface area contributed by atoms with Gasteiger partial charge in [0.05, 0.1) is 13.6 Å². The van der Waals surface area contributed by atoms with Gasteiger partial charge in [0.25, 0.3) is 0 Å². The molecule has 0 spiro atoms. The molecule has 3 atom stereocenters. The monoisotopic (exact) mass is 184 g/mol. The fraction of sp³-hybridized carbons (Fsp3) is 0.909. The third-order valence-corrected chi connectivity index (χ3v) is 3.46. The zero-order valence-corrected chi connectivity index (χ0v) is 9.48. The Balaban J connectivity index is 2.69. The zero-order chi connectivity index (χ0) is 10.2. The van der Waals surface area contributed by atoms with Crippen LogP contribution < -0.4 is 4.90 Å². The van der Waals surface area contributed by atoms with Crippen molar-refractivity contribution < 1.29 is 9.69 Å². The average molecular weight is 184 g/mol. The molecule has 1 fully saturated rings. The lowest BCUT2D eigenvalue weighted by atomic mass is 9.75. The molecule has 1 unspecified atom stereocenters. The summed E-state index contributed by atoms with van der Waals surface area (Å²) < 4.78 is 0. The molecular weight excluding hydrogens is 162 g/mol. The summed E-state index contributed by atoms with van der Waals surface area (Å²) >= 11 is 0. The van der Waals surface area contributed by atoms with Gasteiger partial charge < -0.3 is 4.90 Å². The third kappa shape index (κ3) is 2.31. The Bertz CT molecular complexity index is 205. The molecule has 0 saturated carbocycles. The number of carbonyl (C=O) groups excluding carboxylic acids is 1. The number of piperidine rings is 1. The van der Waals surface area contributed by atoms with E-state index in [0.29, 0.717) is 11.7 Å². The number of likely N-dealkylation sites (N-methyl/N-ethyl adjacent to an activating group) is 1. The third-order valence-electron chi connectivity index (χ3n) is 3.46. The fourth-order valence-electron chi connectivity index (χ4n) is 1.94. The smallest absolute Gasteiger partial charge is 0.190 e. The first-order valence-electron chi connectivity index (χ1n) is 5.17. The van der Waals surface area contributed by atoms with Gasteiger partial charge in [-0.05, 0) is 12.3 Å².